The monoisotopic (exact) mass is 345 g/mol. The topological polar surface area (TPSA) is 35.2 Å². The molecule has 0 heterocycles. The van der Waals surface area contributed by atoms with Crippen molar-refractivity contribution in [1.29, 1.82) is 0 Å². The van der Waals surface area contributed by atoms with Crippen molar-refractivity contribution in [1.82, 2.24) is 0 Å². The fourth-order valence-corrected chi connectivity index (χ4v) is 2.11. The smallest absolute Gasteiger partial charge is 0.416 e. The number of hydrogen-bond donors (Lipinski definition) is 1. The van der Waals surface area contributed by atoms with E-state index in [1.54, 1.807) is 0 Å². The SMILES string of the molecule is CCCC(CCCN)Oc1ccc(C(F)(F)F)cc1Cl.Cl. The highest BCUT2D eigenvalue weighted by Crippen LogP contribution is 2.35. The first-order valence-corrected chi connectivity index (χ1v) is 6.99. The predicted octanol–water partition coefficient (Wildman–Crippen LogP) is 5.07. The molecule has 0 radical (unpaired) electrons. The molecule has 1 aromatic carbocycles. The zero-order valence-corrected chi connectivity index (χ0v) is 13.3. The van der Waals surface area contributed by atoms with Gasteiger partial charge < -0.3 is 10.5 Å². The standard InChI is InChI=1S/C14H19ClF3NO.ClH/c1-2-4-11(5-3-8-19)20-13-7-6-10(9-12(13)15)14(16,17)18;/h6-7,9,11H,2-5,8,19H2,1H3;1H. The summed E-state index contributed by atoms with van der Waals surface area (Å²) >= 11 is 5.86. The molecule has 0 spiro atoms. The molecule has 2 nitrogen and oxygen atoms in total. The Bertz CT molecular complexity index is 427. The Morgan fingerprint density at radius 1 is 1.29 bits per heavy atom. The molecular formula is C14H20Cl2F3NO. The molecule has 1 rings (SSSR count). The van der Waals surface area contributed by atoms with Crippen molar-refractivity contribution in [2.45, 2.75) is 44.9 Å². The quantitative estimate of drug-likeness (QED) is 0.748. The van der Waals surface area contributed by atoms with Gasteiger partial charge in [0.05, 0.1) is 16.7 Å². The molecule has 1 unspecified atom stereocenters. The minimum absolute atomic E-state index is 0. The van der Waals surface area contributed by atoms with Crippen molar-refractivity contribution in [3.63, 3.8) is 0 Å². The summed E-state index contributed by atoms with van der Waals surface area (Å²) in [6.07, 6.45) is -1.15. The second-order valence-corrected chi connectivity index (χ2v) is 5.01. The predicted molar refractivity (Wildman–Crippen MR) is 81.3 cm³/mol. The average Bonchev–Trinajstić information content (AvgIpc) is 2.37. The van der Waals surface area contributed by atoms with Gasteiger partial charge >= 0.3 is 6.18 Å². The molecule has 0 saturated heterocycles. The summed E-state index contributed by atoms with van der Waals surface area (Å²) in [5.74, 6) is 0.287. The van der Waals surface area contributed by atoms with Crippen molar-refractivity contribution in [3.8, 4) is 5.75 Å². The van der Waals surface area contributed by atoms with Crippen LogP contribution in [0.25, 0.3) is 0 Å². The number of benzene rings is 1. The van der Waals surface area contributed by atoms with Crippen LogP contribution >= 0.6 is 24.0 Å². The lowest BCUT2D eigenvalue weighted by atomic mass is 10.1. The molecule has 0 saturated carbocycles. The van der Waals surface area contributed by atoms with E-state index < -0.39 is 11.7 Å². The first kappa shape index (κ1) is 20.3. The third kappa shape index (κ3) is 6.76. The van der Waals surface area contributed by atoms with Crippen LogP contribution in [0.15, 0.2) is 18.2 Å². The molecular weight excluding hydrogens is 326 g/mol. The van der Waals surface area contributed by atoms with Crippen LogP contribution < -0.4 is 10.5 Å². The van der Waals surface area contributed by atoms with E-state index >= 15 is 0 Å². The Hall–Kier alpha value is -0.650. The third-order valence-electron chi connectivity index (χ3n) is 2.89. The Kier molecular flexibility index (Phi) is 9.09. The zero-order chi connectivity index (χ0) is 15.2. The minimum atomic E-state index is -4.40. The van der Waals surface area contributed by atoms with Crippen LogP contribution in [0.2, 0.25) is 5.02 Å². The molecule has 0 aliphatic rings. The van der Waals surface area contributed by atoms with Gasteiger partial charge in [-0.15, -0.1) is 12.4 Å². The molecule has 122 valence electrons. The lowest BCUT2D eigenvalue weighted by Gasteiger charge is -2.19. The Labute approximate surface area is 134 Å². The van der Waals surface area contributed by atoms with Gasteiger partial charge in [0.25, 0.3) is 0 Å². The molecule has 0 fully saturated rings. The maximum atomic E-state index is 12.5. The third-order valence-corrected chi connectivity index (χ3v) is 3.19. The van der Waals surface area contributed by atoms with Crippen LogP contribution in [0.3, 0.4) is 0 Å². The highest BCUT2D eigenvalue weighted by Gasteiger charge is 2.31. The molecule has 0 aromatic heterocycles. The number of rotatable bonds is 7. The van der Waals surface area contributed by atoms with E-state index in [1.165, 1.54) is 6.07 Å². The van der Waals surface area contributed by atoms with Crippen molar-refractivity contribution in [2.24, 2.45) is 5.73 Å². The van der Waals surface area contributed by atoms with E-state index in [0.29, 0.717) is 6.54 Å². The molecule has 2 N–H and O–H groups in total. The largest absolute Gasteiger partial charge is 0.489 e. The van der Waals surface area contributed by atoms with Gasteiger partial charge in [0.1, 0.15) is 5.75 Å². The van der Waals surface area contributed by atoms with Gasteiger partial charge in [-0.3, -0.25) is 0 Å². The zero-order valence-electron chi connectivity index (χ0n) is 11.8. The summed E-state index contributed by atoms with van der Waals surface area (Å²) < 4.78 is 43.3. The van der Waals surface area contributed by atoms with E-state index in [2.05, 4.69) is 0 Å². The minimum Gasteiger partial charge on any atom is -0.489 e. The molecule has 0 amide bonds. The van der Waals surface area contributed by atoms with Crippen molar-refractivity contribution in [2.75, 3.05) is 6.54 Å². The van der Waals surface area contributed by atoms with Crippen LogP contribution in [0, 0.1) is 0 Å². The number of alkyl halides is 3. The van der Waals surface area contributed by atoms with Crippen LogP contribution in [0.5, 0.6) is 5.75 Å². The molecule has 0 aliphatic carbocycles. The second-order valence-electron chi connectivity index (χ2n) is 4.60. The maximum Gasteiger partial charge on any atom is 0.416 e. The Balaban J connectivity index is 0.00000400. The normalized spacial score (nSPS) is 12.7. The summed E-state index contributed by atoms with van der Waals surface area (Å²) in [6.45, 7) is 2.58. The van der Waals surface area contributed by atoms with E-state index in [4.69, 9.17) is 22.1 Å². The Morgan fingerprint density at radius 2 is 1.95 bits per heavy atom. The first-order valence-electron chi connectivity index (χ1n) is 6.62. The summed E-state index contributed by atoms with van der Waals surface area (Å²) in [7, 11) is 0. The van der Waals surface area contributed by atoms with Gasteiger partial charge in [0.15, 0.2) is 0 Å². The average molecular weight is 346 g/mol. The van der Waals surface area contributed by atoms with Gasteiger partial charge in [-0.25, -0.2) is 0 Å². The van der Waals surface area contributed by atoms with Gasteiger partial charge in [0.2, 0.25) is 0 Å². The van der Waals surface area contributed by atoms with Crippen LogP contribution in [-0.4, -0.2) is 12.6 Å². The number of halogens is 5. The summed E-state index contributed by atoms with van der Waals surface area (Å²) in [4.78, 5) is 0. The first-order chi connectivity index (χ1) is 9.38. The fraction of sp³-hybridized carbons (Fsp3) is 0.571. The van der Waals surface area contributed by atoms with Crippen molar-refractivity contribution < 1.29 is 17.9 Å². The highest BCUT2D eigenvalue weighted by atomic mass is 35.5. The summed E-state index contributed by atoms with van der Waals surface area (Å²) in [6, 6.07) is 3.15. The molecule has 21 heavy (non-hydrogen) atoms. The molecule has 1 atom stereocenters. The van der Waals surface area contributed by atoms with Crippen molar-refractivity contribution >= 4 is 24.0 Å². The lowest BCUT2D eigenvalue weighted by molar-refractivity contribution is -0.137. The van der Waals surface area contributed by atoms with Crippen LogP contribution in [-0.2, 0) is 6.18 Å². The summed E-state index contributed by atoms with van der Waals surface area (Å²) in [5.41, 5.74) is 4.68. The van der Waals surface area contributed by atoms with Gasteiger partial charge in [0, 0.05) is 0 Å². The molecule has 7 heteroatoms. The molecule has 0 bridgehead atoms. The van der Waals surface area contributed by atoms with Crippen LogP contribution in [0.1, 0.15) is 38.2 Å². The van der Waals surface area contributed by atoms with Gasteiger partial charge in [-0.05, 0) is 44.0 Å². The number of nitrogens with two attached hydrogens (primary N) is 1. The Morgan fingerprint density at radius 3 is 2.43 bits per heavy atom. The lowest BCUT2D eigenvalue weighted by Crippen LogP contribution is -2.18. The molecule has 0 aliphatic heterocycles. The van der Waals surface area contributed by atoms with Gasteiger partial charge in [-0.1, -0.05) is 24.9 Å². The number of hydrogen-bond acceptors (Lipinski definition) is 2. The van der Waals surface area contributed by atoms with E-state index in [9.17, 15) is 13.2 Å². The molecule has 1 aromatic rings. The van der Waals surface area contributed by atoms with E-state index in [1.807, 2.05) is 6.92 Å². The van der Waals surface area contributed by atoms with Gasteiger partial charge in [-0.2, -0.15) is 13.2 Å². The van der Waals surface area contributed by atoms with Crippen LogP contribution in [0.4, 0.5) is 13.2 Å². The van der Waals surface area contributed by atoms with E-state index in [-0.39, 0.29) is 29.3 Å². The number of ether oxygens (including phenoxy) is 1. The maximum absolute atomic E-state index is 12.5. The van der Waals surface area contributed by atoms with Crippen molar-refractivity contribution in [3.05, 3.63) is 28.8 Å². The second kappa shape index (κ2) is 9.38. The van der Waals surface area contributed by atoms with E-state index in [0.717, 1.165) is 37.8 Å². The fourth-order valence-electron chi connectivity index (χ4n) is 1.88. The summed E-state index contributed by atoms with van der Waals surface area (Å²) in [5, 5.41) is -0.0197. The highest BCUT2D eigenvalue weighted by molar-refractivity contribution is 6.32.